The van der Waals surface area contributed by atoms with Crippen LogP contribution in [0.3, 0.4) is 0 Å². The largest absolute Gasteiger partial charge is 0.363 e. The van der Waals surface area contributed by atoms with Gasteiger partial charge in [0.05, 0.1) is 6.61 Å². The van der Waals surface area contributed by atoms with Gasteiger partial charge in [-0.3, -0.25) is 4.79 Å². The lowest BCUT2D eigenvalue weighted by Crippen LogP contribution is -2.46. The van der Waals surface area contributed by atoms with Crippen LogP contribution in [0, 0.1) is 17.0 Å². The summed E-state index contributed by atoms with van der Waals surface area (Å²) in [6.45, 7) is 9.33. The molecule has 0 fully saturated rings. The fourth-order valence-electron chi connectivity index (χ4n) is 1.95. The number of benzene rings is 1. The Morgan fingerprint density at radius 3 is 2.14 bits per heavy atom. The van der Waals surface area contributed by atoms with Crippen LogP contribution in [0.15, 0.2) is 18.2 Å². The van der Waals surface area contributed by atoms with E-state index in [1.807, 2.05) is 34.6 Å². The van der Waals surface area contributed by atoms with E-state index in [4.69, 9.17) is 4.74 Å². The fraction of sp³-hybridized carbons (Fsp3) is 0.562. The van der Waals surface area contributed by atoms with Gasteiger partial charge in [-0.1, -0.05) is 20.8 Å². The van der Waals surface area contributed by atoms with Crippen LogP contribution in [0.1, 0.15) is 40.2 Å². The predicted molar refractivity (Wildman–Crippen MR) is 77.7 cm³/mol. The number of nitrogens with one attached hydrogen (secondary N) is 1. The SMILES string of the molecule is CC(C)NC(=O)C(OCc1cc(F)cc(F)c1)C(C)(C)C. The summed E-state index contributed by atoms with van der Waals surface area (Å²) in [5.74, 6) is -1.55. The van der Waals surface area contributed by atoms with E-state index >= 15 is 0 Å². The minimum absolute atomic E-state index is 0.00226. The molecule has 1 rings (SSSR count). The summed E-state index contributed by atoms with van der Waals surface area (Å²) in [6.07, 6.45) is -0.703. The molecule has 0 spiro atoms. The minimum Gasteiger partial charge on any atom is -0.363 e. The average molecular weight is 299 g/mol. The molecule has 0 bridgehead atoms. The van der Waals surface area contributed by atoms with Gasteiger partial charge < -0.3 is 10.1 Å². The number of carbonyl (C=O) groups is 1. The smallest absolute Gasteiger partial charge is 0.249 e. The van der Waals surface area contributed by atoms with Crippen LogP contribution in [-0.2, 0) is 16.1 Å². The Bertz CT molecular complexity index is 475. The summed E-state index contributed by atoms with van der Waals surface area (Å²) in [5.41, 5.74) is -0.0655. The van der Waals surface area contributed by atoms with Crippen LogP contribution in [0.25, 0.3) is 0 Å². The summed E-state index contributed by atoms with van der Waals surface area (Å²) in [6, 6.07) is 3.19. The van der Waals surface area contributed by atoms with Crippen molar-refractivity contribution in [2.24, 2.45) is 5.41 Å². The number of halogens is 2. The molecule has 0 aromatic heterocycles. The van der Waals surface area contributed by atoms with Crippen LogP contribution in [0.5, 0.6) is 0 Å². The molecule has 1 aromatic rings. The predicted octanol–water partition coefficient (Wildman–Crippen LogP) is 3.42. The zero-order valence-corrected chi connectivity index (χ0v) is 13.2. The van der Waals surface area contributed by atoms with Crippen molar-refractivity contribution in [3.05, 3.63) is 35.4 Å². The molecule has 1 unspecified atom stereocenters. The monoisotopic (exact) mass is 299 g/mol. The third-order valence-corrected chi connectivity index (χ3v) is 2.79. The minimum atomic E-state index is -0.703. The van der Waals surface area contributed by atoms with Crippen LogP contribution >= 0.6 is 0 Å². The Morgan fingerprint density at radius 2 is 1.71 bits per heavy atom. The lowest BCUT2D eigenvalue weighted by Gasteiger charge is -2.30. The molecule has 0 aliphatic carbocycles. The number of ether oxygens (including phenoxy) is 1. The summed E-state index contributed by atoms with van der Waals surface area (Å²) in [5, 5.41) is 2.80. The first kappa shape index (κ1) is 17.6. The van der Waals surface area contributed by atoms with E-state index in [1.54, 1.807) is 0 Å². The topological polar surface area (TPSA) is 38.3 Å². The zero-order valence-electron chi connectivity index (χ0n) is 13.2. The van der Waals surface area contributed by atoms with Gasteiger partial charge in [0.2, 0.25) is 5.91 Å². The van der Waals surface area contributed by atoms with Gasteiger partial charge in [0.15, 0.2) is 0 Å². The van der Waals surface area contributed by atoms with Gasteiger partial charge in [0.1, 0.15) is 17.7 Å². The van der Waals surface area contributed by atoms with Crippen molar-refractivity contribution in [2.45, 2.75) is 53.4 Å². The molecule has 1 aromatic carbocycles. The Kier molecular flexibility index (Phi) is 5.84. The van der Waals surface area contributed by atoms with Crippen molar-refractivity contribution in [3.63, 3.8) is 0 Å². The summed E-state index contributed by atoms with van der Waals surface area (Å²) >= 11 is 0. The van der Waals surface area contributed by atoms with E-state index < -0.39 is 23.2 Å². The molecule has 1 atom stereocenters. The lowest BCUT2D eigenvalue weighted by molar-refractivity contribution is -0.142. The van der Waals surface area contributed by atoms with Gasteiger partial charge in [-0.2, -0.15) is 0 Å². The maximum absolute atomic E-state index is 13.1. The highest BCUT2D eigenvalue weighted by Gasteiger charge is 2.32. The molecule has 0 saturated carbocycles. The van der Waals surface area contributed by atoms with E-state index in [0.717, 1.165) is 6.07 Å². The molecule has 3 nitrogen and oxygen atoms in total. The van der Waals surface area contributed by atoms with Gasteiger partial charge in [0.25, 0.3) is 0 Å². The van der Waals surface area contributed by atoms with Gasteiger partial charge in [-0.25, -0.2) is 8.78 Å². The molecule has 1 N–H and O–H groups in total. The molecular weight excluding hydrogens is 276 g/mol. The quantitative estimate of drug-likeness (QED) is 0.904. The van der Waals surface area contributed by atoms with Gasteiger partial charge in [-0.15, -0.1) is 0 Å². The van der Waals surface area contributed by atoms with E-state index in [1.165, 1.54) is 12.1 Å². The normalized spacial score (nSPS) is 13.3. The maximum Gasteiger partial charge on any atom is 0.249 e. The summed E-state index contributed by atoms with van der Waals surface area (Å²) in [4.78, 5) is 12.2. The van der Waals surface area contributed by atoms with Crippen molar-refractivity contribution in [3.8, 4) is 0 Å². The summed E-state index contributed by atoms with van der Waals surface area (Å²) in [7, 11) is 0. The van der Waals surface area contributed by atoms with Gasteiger partial charge in [0, 0.05) is 12.1 Å². The van der Waals surface area contributed by atoms with Crippen molar-refractivity contribution in [1.82, 2.24) is 5.32 Å². The average Bonchev–Trinajstić information content (AvgIpc) is 2.24. The first-order chi connectivity index (χ1) is 9.59. The number of hydrogen-bond donors (Lipinski definition) is 1. The zero-order chi connectivity index (χ0) is 16.2. The maximum atomic E-state index is 13.1. The standard InChI is InChI=1S/C16H23F2NO2/c1-10(2)19-15(20)14(16(3,4)5)21-9-11-6-12(17)8-13(18)7-11/h6-8,10,14H,9H2,1-5H3,(H,19,20). The molecule has 0 heterocycles. The lowest BCUT2D eigenvalue weighted by atomic mass is 9.88. The molecule has 21 heavy (non-hydrogen) atoms. The number of rotatable bonds is 5. The number of carbonyl (C=O) groups excluding carboxylic acids is 1. The van der Waals surface area contributed by atoms with E-state index in [9.17, 15) is 13.6 Å². The van der Waals surface area contributed by atoms with Crippen LogP contribution < -0.4 is 5.32 Å². The molecule has 1 amide bonds. The molecule has 0 aliphatic heterocycles. The van der Waals surface area contributed by atoms with Crippen LogP contribution in [0.2, 0.25) is 0 Å². The van der Waals surface area contributed by atoms with Gasteiger partial charge >= 0.3 is 0 Å². The van der Waals surface area contributed by atoms with Crippen molar-refractivity contribution < 1.29 is 18.3 Å². The molecule has 0 aliphatic rings. The molecule has 118 valence electrons. The van der Waals surface area contributed by atoms with Gasteiger partial charge in [-0.05, 0) is 37.0 Å². The Labute approximate surface area is 124 Å². The molecule has 0 saturated heterocycles. The summed E-state index contributed by atoms with van der Waals surface area (Å²) < 4.78 is 31.9. The fourth-order valence-corrected chi connectivity index (χ4v) is 1.95. The highest BCUT2D eigenvalue weighted by atomic mass is 19.1. The second kappa shape index (κ2) is 6.98. The first-order valence-corrected chi connectivity index (χ1v) is 6.96. The number of hydrogen-bond acceptors (Lipinski definition) is 2. The first-order valence-electron chi connectivity index (χ1n) is 6.96. The second-order valence-corrected chi connectivity index (χ2v) is 6.50. The second-order valence-electron chi connectivity index (χ2n) is 6.50. The van der Waals surface area contributed by atoms with E-state index in [-0.39, 0.29) is 18.6 Å². The molecule has 5 heteroatoms. The van der Waals surface area contributed by atoms with E-state index in [2.05, 4.69) is 5.32 Å². The molecular formula is C16H23F2NO2. The highest BCUT2D eigenvalue weighted by molar-refractivity contribution is 5.81. The third kappa shape index (κ3) is 5.79. The van der Waals surface area contributed by atoms with Crippen molar-refractivity contribution in [1.29, 1.82) is 0 Å². The Morgan fingerprint density at radius 1 is 1.19 bits per heavy atom. The third-order valence-electron chi connectivity index (χ3n) is 2.79. The van der Waals surface area contributed by atoms with Crippen molar-refractivity contribution in [2.75, 3.05) is 0 Å². The Hall–Kier alpha value is -1.49. The molecule has 0 radical (unpaired) electrons. The van der Waals surface area contributed by atoms with Crippen molar-refractivity contribution >= 4 is 5.91 Å². The highest BCUT2D eigenvalue weighted by Crippen LogP contribution is 2.24. The number of amides is 1. The van der Waals surface area contributed by atoms with E-state index in [0.29, 0.717) is 5.56 Å². The Balaban J connectivity index is 2.80. The van der Waals surface area contributed by atoms with Crippen LogP contribution in [-0.4, -0.2) is 18.1 Å². The van der Waals surface area contributed by atoms with Crippen LogP contribution in [0.4, 0.5) is 8.78 Å².